The highest BCUT2D eigenvalue weighted by atomic mass is 35.5. The minimum atomic E-state index is -4.25. The topological polar surface area (TPSA) is 130 Å². The highest BCUT2D eigenvalue weighted by molar-refractivity contribution is 7.89. The van der Waals surface area contributed by atoms with E-state index >= 15 is 0 Å². The van der Waals surface area contributed by atoms with Crippen molar-refractivity contribution in [2.45, 2.75) is 44.0 Å². The zero-order chi connectivity index (χ0) is 26.7. The molecule has 0 bridgehead atoms. The minimum Gasteiger partial charge on any atom is -0.378 e. The highest BCUT2D eigenvalue weighted by Gasteiger charge is 2.34. The van der Waals surface area contributed by atoms with E-state index in [1.54, 1.807) is 24.8 Å². The predicted molar refractivity (Wildman–Crippen MR) is 134 cm³/mol. The number of nitrogens with one attached hydrogen (secondary N) is 2. The third-order valence-electron chi connectivity index (χ3n) is 6.63. The minimum absolute atomic E-state index is 0.0521. The number of tetrazole rings is 1. The number of aryl methyl sites for hydroxylation is 1. The van der Waals surface area contributed by atoms with Crippen molar-refractivity contribution >= 4 is 27.5 Å². The van der Waals surface area contributed by atoms with Gasteiger partial charge in [0, 0.05) is 24.0 Å². The van der Waals surface area contributed by atoms with E-state index in [2.05, 4.69) is 25.3 Å². The molecular weight excluding hydrogens is 523 g/mol. The van der Waals surface area contributed by atoms with Crippen molar-refractivity contribution < 1.29 is 22.3 Å². The molecule has 2 aromatic carbocycles. The van der Waals surface area contributed by atoms with Crippen LogP contribution in [0, 0.1) is 19.7 Å². The maximum absolute atomic E-state index is 15.0. The molecule has 0 saturated carbocycles. The first kappa shape index (κ1) is 27.1. The maximum Gasteiger partial charge on any atom is 0.241 e. The van der Waals surface area contributed by atoms with E-state index in [1.165, 1.54) is 24.3 Å². The Labute approximate surface area is 219 Å². The molecule has 1 saturated heterocycles. The number of benzene rings is 2. The molecule has 0 spiro atoms. The number of ether oxygens (including phenoxy) is 1. The molecule has 2 N–H and O–H groups in total. The third-order valence-corrected chi connectivity index (χ3v) is 8.40. The summed E-state index contributed by atoms with van der Waals surface area (Å²) in [7, 11) is -4.25. The fraction of sp³-hybridized carbons (Fsp3) is 0.417. The standard InChI is InChI=1S/C24H28ClFN6O4S/c1-14-4-6-19(26)22(15(14)2)16(3)23(24-27-30-31-28-24)29-37(34,35)20-7-5-18(25)12-17(20)13-21(33)32-8-10-36-11-9-32/h4-7,12,16,23,29H,8-11,13H2,1-3H3,(H,27,28,30,31)/t16-,23+/m1/s1. The molecule has 1 aliphatic rings. The summed E-state index contributed by atoms with van der Waals surface area (Å²) in [6.45, 7) is 7.03. The number of aromatic nitrogens is 4. The molecule has 2 heterocycles. The fourth-order valence-electron chi connectivity index (χ4n) is 4.48. The van der Waals surface area contributed by atoms with E-state index in [1.807, 2.05) is 6.92 Å². The molecule has 3 aromatic rings. The molecule has 1 aliphatic heterocycles. The second kappa shape index (κ2) is 11.2. The van der Waals surface area contributed by atoms with E-state index < -0.39 is 27.8 Å². The Morgan fingerprint density at radius 2 is 1.97 bits per heavy atom. The van der Waals surface area contributed by atoms with Gasteiger partial charge in [-0.1, -0.05) is 29.8 Å². The number of morpholine rings is 1. The highest BCUT2D eigenvalue weighted by Crippen LogP contribution is 2.35. The number of H-pyrrole nitrogens is 1. The molecule has 0 unspecified atom stereocenters. The van der Waals surface area contributed by atoms with Crippen LogP contribution in [0.3, 0.4) is 0 Å². The lowest BCUT2D eigenvalue weighted by atomic mass is 9.88. The molecule has 1 fully saturated rings. The summed E-state index contributed by atoms with van der Waals surface area (Å²) in [5.74, 6) is -1.34. The summed E-state index contributed by atoms with van der Waals surface area (Å²) >= 11 is 6.17. The summed E-state index contributed by atoms with van der Waals surface area (Å²) in [4.78, 5) is 14.4. The van der Waals surface area contributed by atoms with Crippen LogP contribution in [0.2, 0.25) is 5.02 Å². The number of carbonyl (C=O) groups is 1. The molecule has 13 heteroatoms. The van der Waals surface area contributed by atoms with Gasteiger partial charge < -0.3 is 9.64 Å². The first-order valence-corrected chi connectivity index (χ1v) is 13.6. The van der Waals surface area contributed by atoms with E-state index in [-0.39, 0.29) is 28.6 Å². The van der Waals surface area contributed by atoms with Gasteiger partial charge in [0.2, 0.25) is 15.9 Å². The molecule has 4 rings (SSSR count). The van der Waals surface area contributed by atoms with Crippen LogP contribution in [0.1, 0.15) is 47.0 Å². The zero-order valence-corrected chi connectivity index (χ0v) is 22.2. The number of amides is 1. The van der Waals surface area contributed by atoms with Gasteiger partial charge in [-0.2, -0.15) is 9.94 Å². The lowest BCUT2D eigenvalue weighted by Gasteiger charge is -2.27. The molecule has 2 atom stereocenters. The van der Waals surface area contributed by atoms with Crippen LogP contribution in [0.25, 0.3) is 0 Å². The van der Waals surface area contributed by atoms with E-state index in [9.17, 15) is 17.6 Å². The molecule has 10 nitrogen and oxygen atoms in total. The second-order valence-corrected chi connectivity index (χ2v) is 11.1. The number of halogens is 2. The van der Waals surface area contributed by atoms with Gasteiger partial charge in [0.1, 0.15) is 5.82 Å². The van der Waals surface area contributed by atoms with Gasteiger partial charge in [-0.3, -0.25) is 4.79 Å². The first-order valence-electron chi connectivity index (χ1n) is 11.7. The first-order chi connectivity index (χ1) is 17.6. The largest absolute Gasteiger partial charge is 0.378 e. The molecule has 198 valence electrons. The monoisotopic (exact) mass is 550 g/mol. The van der Waals surface area contributed by atoms with Crippen LogP contribution in [0.5, 0.6) is 0 Å². The van der Waals surface area contributed by atoms with Crippen LogP contribution in [0.4, 0.5) is 4.39 Å². The van der Waals surface area contributed by atoms with Gasteiger partial charge in [0.05, 0.1) is 30.6 Å². The number of sulfonamides is 1. The van der Waals surface area contributed by atoms with Gasteiger partial charge in [0.25, 0.3) is 0 Å². The van der Waals surface area contributed by atoms with Gasteiger partial charge in [-0.05, 0) is 60.4 Å². The Morgan fingerprint density at radius 3 is 2.65 bits per heavy atom. The van der Waals surface area contributed by atoms with Crippen LogP contribution < -0.4 is 4.72 Å². The fourth-order valence-corrected chi connectivity index (χ4v) is 6.17. The van der Waals surface area contributed by atoms with Gasteiger partial charge in [-0.25, -0.2) is 12.8 Å². The van der Waals surface area contributed by atoms with Crippen molar-refractivity contribution in [3.05, 3.63) is 69.2 Å². The van der Waals surface area contributed by atoms with E-state index in [0.29, 0.717) is 42.5 Å². The van der Waals surface area contributed by atoms with Crippen molar-refractivity contribution in [1.82, 2.24) is 30.2 Å². The third kappa shape index (κ3) is 5.98. The molecular formula is C24H28ClFN6O4S. The SMILES string of the molecule is Cc1ccc(F)c([C@@H](C)[C@H](NS(=O)(=O)c2ccc(Cl)cc2CC(=O)N2CCOCC2)c2nn[nH]n2)c1C. The van der Waals surface area contributed by atoms with Gasteiger partial charge >= 0.3 is 0 Å². The van der Waals surface area contributed by atoms with Crippen LogP contribution >= 0.6 is 11.6 Å². The number of aromatic amines is 1. The Balaban J connectivity index is 1.69. The molecule has 37 heavy (non-hydrogen) atoms. The summed E-state index contributed by atoms with van der Waals surface area (Å²) in [5, 5.41) is 14.1. The normalized spacial score (nSPS) is 16.0. The maximum atomic E-state index is 15.0. The second-order valence-electron chi connectivity index (χ2n) is 8.98. The molecule has 1 amide bonds. The zero-order valence-electron chi connectivity index (χ0n) is 20.7. The van der Waals surface area contributed by atoms with Crippen LogP contribution in [-0.4, -0.2) is 66.2 Å². The number of carbonyl (C=O) groups excluding carboxylic acids is 1. The number of rotatable bonds is 8. The lowest BCUT2D eigenvalue weighted by molar-refractivity contribution is -0.134. The summed E-state index contributed by atoms with van der Waals surface area (Å²) in [6, 6.07) is 6.21. The van der Waals surface area contributed by atoms with Gasteiger partial charge in [-0.15, -0.1) is 10.2 Å². The average Bonchev–Trinajstić information content (AvgIpc) is 3.40. The smallest absolute Gasteiger partial charge is 0.241 e. The Hall–Kier alpha value is -2.93. The van der Waals surface area contributed by atoms with Crippen molar-refractivity contribution in [2.75, 3.05) is 26.3 Å². The van der Waals surface area contributed by atoms with Crippen LogP contribution in [0.15, 0.2) is 35.2 Å². The van der Waals surface area contributed by atoms with Crippen molar-refractivity contribution in [3.63, 3.8) is 0 Å². The Morgan fingerprint density at radius 1 is 1.24 bits per heavy atom. The molecule has 0 aliphatic carbocycles. The Kier molecular flexibility index (Phi) is 8.22. The van der Waals surface area contributed by atoms with Crippen LogP contribution in [-0.2, 0) is 26.0 Å². The number of hydrogen-bond donors (Lipinski definition) is 2. The summed E-state index contributed by atoms with van der Waals surface area (Å²) in [5.41, 5.74) is 2.15. The lowest BCUT2D eigenvalue weighted by Crippen LogP contribution is -2.41. The Bertz CT molecular complexity index is 1380. The van der Waals surface area contributed by atoms with Crippen molar-refractivity contribution in [3.8, 4) is 0 Å². The summed E-state index contributed by atoms with van der Waals surface area (Å²) in [6.07, 6.45) is -0.162. The predicted octanol–water partition coefficient (Wildman–Crippen LogP) is 2.83. The van der Waals surface area contributed by atoms with E-state index in [0.717, 1.165) is 5.56 Å². The average molecular weight is 551 g/mol. The number of nitrogens with zero attached hydrogens (tertiary/aromatic N) is 4. The molecule has 0 radical (unpaired) electrons. The summed E-state index contributed by atoms with van der Waals surface area (Å²) < 4.78 is 50.3. The van der Waals surface area contributed by atoms with Gasteiger partial charge in [0.15, 0.2) is 5.82 Å². The van der Waals surface area contributed by atoms with Crippen molar-refractivity contribution in [2.24, 2.45) is 0 Å². The number of hydrogen-bond acceptors (Lipinski definition) is 7. The van der Waals surface area contributed by atoms with Crippen molar-refractivity contribution in [1.29, 1.82) is 0 Å². The van der Waals surface area contributed by atoms with E-state index in [4.69, 9.17) is 16.3 Å². The molecule has 1 aromatic heterocycles. The quantitative estimate of drug-likeness (QED) is 0.441.